The summed E-state index contributed by atoms with van der Waals surface area (Å²) in [6, 6.07) is 8.33. The van der Waals surface area contributed by atoms with Gasteiger partial charge in [-0.3, -0.25) is 4.79 Å². The summed E-state index contributed by atoms with van der Waals surface area (Å²) in [5.74, 6) is 3.76. The normalized spacial score (nSPS) is 37.1. The molecule has 0 aliphatic heterocycles. The van der Waals surface area contributed by atoms with Crippen LogP contribution >= 0.6 is 0 Å². The van der Waals surface area contributed by atoms with E-state index >= 15 is 0 Å². The summed E-state index contributed by atoms with van der Waals surface area (Å²) in [5, 5.41) is 3.22. The Kier molecular flexibility index (Phi) is 3.07. The number of rotatable bonds is 4. The van der Waals surface area contributed by atoms with Crippen LogP contribution in [-0.4, -0.2) is 5.91 Å². The molecular formula is C18H24N2O. The minimum absolute atomic E-state index is 0.0864. The first-order valence-electron chi connectivity index (χ1n) is 8.28. The van der Waals surface area contributed by atoms with E-state index in [1.54, 1.807) is 0 Å². The van der Waals surface area contributed by atoms with Crippen LogP contribution in [0.4, 0.5) is 0 Å². The molecule has 5 atom stereocenters. The topological polar surface area (TPSA) is 55.1 Å². The number of hydrogen-bond acceptors (Lipinski definition) is 2. The molecule has 3 saturated carbocycles. The van der Waals surface area contributed by atoms with Crippen molar-refractivity contribution in [3.05, 3.63) is 35.4 Å². The van der Waals surface area contributed by atoms with Crippen LogP contribution in [-0.2, 0) is 11.3 Å². The van der Waals surface area contributed by atoms with Crippen molar-refractivity contribution < 1.29 is 4.79 Å². The maximum atomic E-state index is 12.5. The molecule has 112 valence electrons. The Bertz CT molecular complexity index is 537. The largest absolute Gasteiger partial charge is 0.349 e. The van der Waals surface area contributed by atoms with Gasteiger partial charge in [-0.05, 0) is 61.0 Å². The first-order chi connectivity index (χ1) is 10.2. The zero-order chi connectivity index (χ0) is 14.6. The molecule has 0 spiro atoms. The molecule has 5 unspecified atom stereocenters. The molecule has 1 amide bonds. The molecular weight excluding hydrogens is 260 g/mol. The highest BCUT2D eigenvalue weighted by molar-refractivity contribution is 5.83. The van der Waals surface area contributed by atoms with Gasteiger partial charge in [0.25, 0.3) is 0 Å². The van der Waals surface area contributed by atoms with Gasteiger partial charge < -0.3 is 11.1 Å². The quantitative estimate of drug-likeness (QED) is 0.893. The summed E-state index contributed by atoms with van der Waals surface area (Å²) in [6.45, 7) is 2.64. The Balaban J connectivity index is 1.38. The van der Waals surface area contributed by atoms with Crippen LogP contribution in [0.25, 0.3) is 0 Å². The Morgan fingerprint density at radius 3 is 2.43 bits per heavy atom. The summed E-state index contributed by atoms with van der Waals surface area (Å²) in [6.07, 6.45) is 4.13. The lowest BCUT2D eigenvalue weighted by atomic mass is 10.0. The Morgan fingerprint density at radius 2 is 1.86 bits per heavy atom. The summed E-state index contributed by atoms with van der Waals surface area (Å²) in [4.78, 5) is 12.5. The first-order valence-corrected chi connectivity index (χ1v) is 8.28. The van der Waals surface area contributed by atoms with E-state index in [0.29, 0.717) is 12.5 Å². The highest BCUT2D eigenvalue weighted by Crippen LogP contribution is 2.69. The molecule has 0 heterocycles. The fourth-order valence-electron chi connectivity index (χ4n) is 5.01. The zero-order valence-electron chi connectivity index (χ0n) is 12.6. The summed E-state index contributed by atoms with van der Waals surface area (Å²) in [5.41, 5.74) is 7.91. The Morgan fingerprint density at radius 1 is 1.24 bits per heavy atom. The van der Waals surface area contributed by atoms with Gasteiger partial charge in [0.05, 0.1) is 6.04 Å². The minimum Gasteiger partial charge on any atom is -0.349 e. The molecule has 3 nitrogen and oxygen atoms in total. The molecule has 0 saturated heterocycles. The van der Waals surface area contributed by atoms with Gasteiger partial charge in [0, 0.05) is 12.5 Å². The van der Waals surface area contributed by atoms with Gasteiger partial charge in [-0.1, -0.05) is 24.3 Å². The van der Waals surface area contributed by atoms with Gasteiger partial charge in [-0.15, -0.1) is 0 Å². The van der Waals surface area contributed by atoms with Crippen LogP contribution < -0.4 is 11.1 Å². The van der Waals surface area contributed by atoms with E-state index in [1.165, 1.54) is 19.3 Å². The molecule has 1 aromatic rings. The second-order valence-electron chi connectivity index (χ2n) is 7.19. The summed E-state index contributed by atoms with van der Waals surface area (Å²) >= 11 is 0. The molecule has 3 aliphatic rings. The number of nitrogens with one attached hydrogen (secondary N) is 1. The Labute approximate surface area is 126 Å². The molecule has 3 fully saturated rings. The van der Waals surface area contributed by atoms with Crippen molar-refractivity contribution in [1.29, 1.82) is 0 Å². The Hall–Kier alpha value is -1.35. The second kappa shape index (κ2) is 4.84. The molecule has 3 N–H and O–H groups in total. The molecule has 2 bridgehead atoms. The van der Waals surface area contributed by atoms with Crippen LogP contribution in [0.5, 0.6) is 0 Å². The summed E-state index contributed by atoms with van der Waals surface area (Å²) in [7, 11) is 0. The fraction of sp³-hybridized carbons (Fsp3) is 0.611. The van der Waals surface area contributed by atoms with Crippen LogP contribution in [0.3, 0.4) is 0 Å². The van der Waals surface area contributed by atoms with E-state index in [2.05, 4.69) is 24.4 Å². The van der Waals surface area contributed by atoms with E-state index in [0.717, 1.165) is 34.8 Å². The monoisotopic (exact) mass is 284 g/mol. The molecule has 0 aromatic heterocycles. The highest BCUT2D eigenvalue weighted by atomic mass is 16.2. The number of fused-ring (bicyclic) bond motifs is 5. The molecule has 3 aliphatic carbocycles. The fourth-order valence-corrected chi connectivity index (χ4v) is 5.01. The third kappa shape index (κ3) is 2.10. The van der Waals surface area contributed by atoms with Crippen LogP contribution in [0.15, 0.2) is 24.3 Å². The number of carbonyl (C=O) groups is 1. The lowest BCUT2D eigenvalue weighted by Crippen LogP contribution is -2.30. The van der Waals surface area contributed by atoms with Crippen molar-refractivity contribution in [2.24, 2.45) is 35.3 Å². The smallest absolute Gasteiger partial charge is 0.224 e. The van der Waals surface area contributed by atoms with Crippen molar-refractivity contribution in [3.63, 3.8) is 0 Å². The van der Waals surface area contributed by atoms with Gasteiger partial charge in [-0.2, -0.15) is 0 Å². The van der Waals surface area contributed by atoms with Crippen molar-refractivity contribution in [1.82, 2.24) is 5.32 Å². The SMILES string of the molecule is CC(NC(=O)C1C2C3CCC(C3)C12)c1ccc(CN)cc1. The van der Waals surface area contributed by atoms with Crippen LogP contribution in [0, 0.1) is 29.6 Å². The van der Waals surface area contributed by atoms with Gasteiger partial charge in [0.1, 0.15) is 0 Å². The van der Waals surface area contributed by atoms with Crippen LogP contribution in [0.1, 0.15) is 43.4 Å². The zero-order valence-corrected chi connectivity index (χ0v) is 12.6. The third-order valence-electron chi connectivity index (χ3n) is 6.11. The van der Waals surface area contributed by atoms with Crippen LogP contribution in [0.2, 0.25) is 0 Å². The lowest BCUT2D eigenvalue weighted by Gasteiger charge is -2.16. The van der Waals surface area contributed by atoms with Gasteiger partial charge in [-0.25, -0.2) is 0 Å². The standard InChI is InChI=1S/C18H24N2O/c1-10(12-4-2-11(9-19)3-5-12)20-18(21)17-15-13-6-7-14(8-13)16(15)17/h2-5,10,13-17H,6-9,19H2,1H3,(H,20,21). The first kappa shape index (κ1) is 13.3. The third-order valence-corrected chi connectivity index (χ3v) is 6.11. The molecule has 21 heavy (non-hydrogen) atoms. The maximum Gasteiger partial charge on any atom is 0.224 e. The molecule has 1 aromatic carbocycles. The van der Waals surface area contributed by atoms with E-state index in [-0.39, 0.29) is 11.9 Å². The minimum atomic E-state index is 0.0864. The molecule has 4 rings (SSSR count). The van der Waals surface area contributed by atoms with E-state index in [9.17, 15) is 4.79 Å². The molecule has 0 radical (unpaired) electrons. The predicted molar refractivity (Wildman–Crippen MR) is 82.2 cm³/mol. The predicted octanol–water partition coefficient (Wildman–Crippen LogP) is 2.61. The van der Waals surface area contributed by atoms with E-state index in [4.69, 9.17) is 5.73 Å². The second-order valence-corrected chi connectivity index (χ2v) is 7.19. The average molecular weight is 284 g/mol. The average Bonchev–Trinajstić information content (AvgIpc) is 2.96. The molecule has 3 heteroatoms. The van der Waals surface area contributed by atoms with Gasteiger partial charge in [0.2, 0.25) is 5.91 Å². The van der Waals surface area contributed by atoms with E-state index in [1.807, 2.05) is 12.1 Å². The number of benzene rings is 1. The highest BCUT2D eigenvalue weighted by Gasteiger charge is 2.67. The van der Waals surface area contributed by atoms with Crippen molar-refractivity contribution in [2.75, 3.05) is 0 Å². The van der Waals surface area contributed by atoms with E-state index < -0.39 is 0 Å². The van der Waals surface area contributed by atoms with Crippen molar-refractivity contribution >= 4 is 5.91 Å². The lowest BCUT2D eigenvalue weighted by molar-refractivity contribution is -0.124. The maximum absolute atomic E-state index is 12.5. The van der Waals surface area contributed by atoms with Gasteiger partial charge in [0.15, 0.2) is 0 Å². The van der Waals surface area contributed by atoms with Crippen molar-refractivity contribution in [2.45, 2.75) is 38.8 Å². The number of amides is 1. The van der Waals surface area contributed by atoms with Crippen molar-refractivity contribution in [3.8, 4) is 0 Å². The summed E-state index contributed by atoms with van der Waals surface area (Å²) < 4.78 is 0. The number of nitrogens with two attached hydrogens (primary N) is 1. The number of carbonyl (C=O) groups excluding carboxylic acids is 1. The van der Waals surface area contributed by atoms with Gasteiger partial charge >= 0.3 is 0 Å². The number of hydrogen-bond donors (Lipinski definition) is 2.